The first-order valence-electron chi connectivity index (χ1n) is 9.11. The number of rotatable bonds is 5. The standard InChI is InChI=1S/C21H23NO5/c1-22-9-8-14-10-18-20(27-12-26-18)21(25-3)19(14)16(22)11-17(23)13-4-6-15(24-2)7-5-13/h4-7,10,16H,8-9,11-12H2,1-3H3/p+1/t16-/m1/s1. The third-order valence-corrected chi connectivity index (χ3v) is 5.48. The lowest BCUT2D eigenvalue weighted by atomic mass is 9.87. The van der Waals surface area contributed by atoms with Crippen molar-refractivity contribution in [3.8, 4) is 23.0 Å². The number of benzene rings is 2. The van der Waals surface area contributed by atoms with E-state index in [2.05, 4.69) is 7.05 Å². The Labute approximate surface area is 158 Å². The SMILES string of the molecule is COc1ccc(C(=O)C[C@@H]2c3c(cc4c(c3OC)OCO4)CC[NH+]2C)cc1. The van der Waals surface area contributed by atoms with E-state index in [0.29, 0.717) is 23.5 Å². The van der Waals surface area contributed by atoms with E-state index in [9.17, 15) is 4.79 Å². The van der Waals surface area contributed by atoms with Gasteiger partial charge in [0.05, 0.1) is 39.8 Å². The van der Waals surface area contributed by atoms with Crippen molar-refractivity contribution in [3.63, 3.8) is 0 Å². The van der Waals surface area contributed by atoms with Crippen LogP contribution in [0.3, 0.4) is 0 Å². The van der Waals surface area contributed by atoms with Gasteiger partial charge >= 0.3 is 0 Å². The summed E-state index contributed by atoms with van der Waals surface area (Å²) in [5.41, 5.74) is 2.93. The van der Waals surface area contributed by atoms with Gasteiger partial charge in [0.2, 0.25) is 12.5 Å². The summed E-state index contributed by atoms with van der Waals surface area (Å²) in [4.78, 5) is 14.2. The van der Waals surface area contributed by atoms with Crippen LogP contribution in [-0.2, 0) is 6.42 Å². The fourth-order valence-electron chi connectivity index (χ4n) is 3.98. The zero-order valence-corrected chi connectivity index (χ0v) is 15.8. The topological polar surface area (TPSA) is 58.4 Å². The lowest BCUT2D eigenvalue weighted by Gasteiger charge is -2.32. The Morgan fingerprint density at radius 2 is 1.96 bits per heavy atom. The number of fused-ring (bicyclic) bond motifs is 2. The predicted molar refractivity (Wildman–Crippen MR) is 99.3 cm³/mol. The second-order valence-corrected chi connectivity index (χ2v) is 6.97. The summed E-state index contributed by atoms with van der Waals surface area (Å²) < 4.78 is 22.1. The van der Waals surface area contributed by atoms with Gasteiger partial charge in [-0.15, -0.1) is 0 Å². The molecule has 2 aromatic carbocycles. The molecule has 1 unspecified atom stereocenters. The van der Waals surface area contributed by atoms with Crippen molar-refractivity contribution in [2.45, 2.75) is 18.9 Å². The summed E-state index contributed by atoms with van der Waals surface area (Å²) in [5, 5.41) is 0. The van der Waals surface area contributed by atoms with E-state index in [4.69, 9.17) is 18.9 Å². The highest BCUT2D eigenvalue weighted by atomic mass is 16.7. The quantitative estimate of drug-likeness (QED) is 0.814. The molecule has 0 aliphatic carbocycles. The van der Waals surface area contributed by atoms with E-state index in [1.165, 1.54) is 10.5 Å². The van der Waals surface area contributed by atoms with E-state index in [0.717, 1.165) is 30.0 Å². The minimum Gasteiger partial charge on any atom is -0.497 e. The number of hydrogen-bond acceptors (Lipinski definition) is 5. The molecule has 2 aromatic rings. The number of carbonyl (C=O) groups is 1. The molecule has 4 rings (SSSR count). The fourth-order valence-corrected chi connectivity index (χ4v) is 3.98. The highest BCUT2D eigenvalue weighted by Crippen LogP contribution is 2.47. The van der Waals surface area contributed by atoms with Crippen molar-refractivity contribution in [2.75, 3.05) is 34.6 Å². The Bertz CT molecular complexity index is 862. The maximum absolute atomic E-state index is 13.0. The lowest BCUT2D eigenvalue weighted by Crippen LogP contribution is -3.10. The number of hydrogen-bond donors (Lipinski definition) is 1. The van der Waals surface area contributed by atoms with Gasteiger partial charge in [0.1, 0.15) is 11.8 Å². The molecule has 142 valence electrons. The number of carbonyl (C=O) groups excluding carboxylic acids is 1. The zero-order valence-electron chi connectivity index (χ0n) is 15.8. The van der Waals surface area contributed by atoms with Gasteiger partial charge in [-0.25, -0.2) is 0 Å². The van der Waals surface area contributed by atoms with E-state index in [1.54, 1.807) is 14.2 Å². The summed E-state index contributed by atoms with van der Waals surface area (Å²) in [7, 11) is 5.38. The third-order valence-electron chi connectivity index (χ3n) is 5.48. The molecule has 6 heteroatoms. The molecule has 6 nitrogen and oxygen atoms in total. The zero-order chi connectivity index (χ0) is 19.0. The van der Waals surface area contributed by atoms with Crippen molar-refractivity contribution < 1.29 is 28.6 Å². The lowest BCUT2D eigenvalue weighted by molar-refractivity contribution is -0.913. The first kappa shape index (κ1) is 17.7. The van der Waals surface area contributed by atoms with E-state index in [1.807, 2.05) is 30.3 Å². The molecule has 0 saturated heterocycles. The van der Waals surface area contributed by atoms with Crippen LogP contribution in [0.1, 0.15) is 33.9 Å². The summed E-state index contributed by atoms with van der Waals surface area (Å²) >= 11 is 0. The van der Waals surface area contributed by atoms with Crippen molar-refractivity contribution in [1.29, 1.82) is 0 Å². The first-order chi connectivity index (χ1) is 13.1. The Balaban J connectivity index is 1.68. The number of methoxy groups -OCH3 is 2. The number of nitrogens with one attached hydrogen (secondary N) is 1. The molecule has 0 amide bonds. The van der Waals surface area contributed by atoms with Gasteiger partial charge in [0, 0.05) is 12.0 Å². The van der Waals surface area contributed by atoms with Crippen LogP contribution in [0, 0.1) is 0 Å². The van der Waals surface area contributed by atoms with Crippen LogP contribution in [-0.4, -0.2) is 40.4 Å². The summed E-state index contributed by atoms with van der Waals surface area (Å²) in [5.74, 6) is 2.92. The van der Waals surface area contributed by atoms with Crippen LogP contribution in [0.25, 0.3) is 0 Å². The molecule has 2 atom stereocenters. The molecule has 0 saturated carbocycles. The molecule has 27 heavy (non-hydrogen) atoms. The van der Waals surface area contributed by atoms with Crippen LogP contribution < -0.4 is 23.8 Å². The van der Waals surface area contributed by atoms with Crippen LogP contribution in [0.4, 0.5) is 0 Å². The van der Waals surface area contributed by atoms with Gasteiger partial charge in [-0.2, -0.15) is 0 Å². The van der Waals surface area contributed by atoms with Crippen LogP contribution in [0.15, 0.2) is 30.3 Å². The van der Waals surface area contributed by atoms with Gasteiger partial charge in [-0.1, -0.05) is 0 Å². The Morgan fingerprint density at radius 1 is 1.19 bits per heavy atom. The molecule has 0 aromatic heterocycles. The number of Topliss-reactive ketones (excluding diaryl/α,β-unsaturated/α-hetero) is 1. The van der Waals surface area contributed by atoms with Crippen LogP contribution >= 0.6 is 0 Å². The molecule has 0 spiro atoms. The monoisotopic (exact) mass is 370 g/mol. The normalized spacial score (nSPS) is 20.1. The number of quaternary nitrogens is 1. The fraction of sp³-hybridized carbons (Fsp3) is 0.381. The van der Waals surface area contributed by atoms with Crippen molar-refractivity contribution in [1.82, 2.24) is 0 Å². The second kappa shape index (κ2) is 7.12. The average molecular weight is 370 g/mol. The van der Waals surface area contributed by atoms with Crippen molar-refractivity contribution >= 4 is 5.78 Å². The van der Waals surface area contributed by atoms with Gasteiger partial charge in [0.15, 0.2) is 17.3 Å². The Kier molecular flexibility index (Phi) is 4.66. The molecule has 0 bridgehead atoms. The highest BCUT2D eigenvalue weighted by molar-refractivity contribution is 5.96. The molecule has 2 heterocycles. The first-order valence-corrected chi connectivity index (χ1v) is 9.11. The summed E-state index contributed by atoms with van der Waals surface area (Å²) in [6.07, 6.45) is 1.32. The maximum atomic E-state index is 13.0. The molecule has 0 fully saturated rings. The summed E-state index contributed by atoms with van der Waals surface area (Å²) in [6.45, 7) is 1.16. The minimum absolute atomic E-state index is 0.00722. The maximum Gasteiger partial charge on any atom is 0.231 e. The number of likely N-dealkylation sites (N-methyl/N-ethyl adjacent to an activating group) is 1. The number of ether oxygens (including phenoxy) is 4. The van der Waals surface area contributed by atoms with Gasteiger partial charge in [-0.05, 0) is 35.9 Å². The Hall–Kier alpha value is -2.73. The molecular weight excluding hydrogens is 346 g/mol. The predicted octanol–water partition coefficient (Wildman–Crippen LogP) is 1.82. The third kappa shape index (κ3) is 3.10. The molecular formula is C21H24NO5+. The van der Waals surface area contributed by atoms with Gasteiger partial charge < -0.3 is 23.8 Å². The van der Waals surface area contributed by atoms with Crippen LogP contribution in [0.5, 0.6) is 23.0 Å². The van der Waals surface area contributed by atoms with E-state index < -0.39 is 0 Å². The number of ketones is 1. The molecule has 0 radical (unpaired) electrons. The van der Waals surface area contributed by atoms with Crippen molar-refractivity contribution in [3.05, 3.63) is 47.0 Å². The van der Waals surface area contributed by atoms with Crippen molar-refractivity contribution in [2.24, 2.45) is 0 Å². The molecule has 2 aliphatic heterocycles. The van der Waals surface area contributed by atoms with E-state index in [-0.39, 0.29) is 18.6 Å². The van der Waals surface area contributed by atoms with Crippen LogP contribution in [0.2, 0.25) is 0 Å². The smallest absolute Gasteiger partial charge is 0.231 e. The van der Waals surface area contributed by atoms with Gasteiger partial charge in [0.25, 0.3) is 0 Å². The average Bonchev–Trinajstić information content (AvgIpc) is 3.16. The molecule has 2 aliphatic rings. The largest absolute Gasteiger partial charge is 0.497 e. The minimum atomic E-state index is 0.00722. The van der Waals surface area contributed by atoms with E-state index >= 15 is 0 Å². The summed E-state index contributed by atoms with van der Waals surface area (Å²) in [6, 6.07) is 9.31. The Morgan fingerprint density at radius 3 is 2.67 bits per heavy atom. The van der Waals surface area contributed by atoms with Gasteiger partial charge in [-0.3, -0.25) is 4.79 Å². The highest BCUT2D eigenvalue weighted by Gasteiger charge is 2.37. The second-order valence-electron chi connectivity index (χ2n) is 6.97. The molecule has 1 N–H and O–H groups in total.